The van der Waals surface area contributed by atoms with Crippen molar-refractivity contribution in [3.05, 3.63) is 78.1 Å². The van der Waals surface area contributed by atoms with Crippen LogP contribution in [-0.4, -0.2) is 48.0 Å². The van der Waals surface area contributed by atoms with Crippen LogP contribution in [0, 0.1) is 5.82 Å². The highest BCUT2D eigenvalue weighted by Gasteiger charge is 2.25. The zero-order chi connectivity index (χ0) is 19.9. The molecule has 1 amide bonds. The van der Waals surface area contributed by atoms with Crippen molar-refractivity contribution in [3.63, 3.8) is 0 Å². The van der Waals surface area contributed by atoms with Crippen LogP contribution in [0.3, 0.4) is 0 Å². The molecular weight excluding hydrogens is 355 g/mol. The van der Waals surface area contributed by atoms with E-state index in [1.54, 1.807) is 12.1 Å². The zero-order valence-corrected chi connectivity index (χ0v) is 16.3. The molecule has 5 heteroatoms. The van der Waals surface area contributed by atoms with Gasteiger partial charge in [0.1, 0.15) is 11.6 Å². The number of benzene rings is 2. The normalized spacial score (nSPS) is 17.4. The summed E-state index contributed by atoms with van der Waals surface area (Å²) in [5.41, 5.74) is 2.47. The molecule has 0 aliphatic carbocycles. The Kier molecular flexibility index (Phi) is 6.82. The van der Waals surface area contributed by atoms with Crippen LogP contribution in [0.15, 0.2) is 61.2 Å². The summed E-state index contributed by atoms with van der Waals surface area (Å²) in [5.74, 6) is 0.436. The Labute approximate surface area is 166 Å². The molecule has 2 aromatic carbocycles. The number of carbonyl (C=O) groups is 1. The monoisotopic (exact) mass is 382 g/mol. The van der Waals surface area contributed by atoms with E-state index in [1.807, 2.05) is 4.90 Å². The average Bonchev–Trinajstić information content (AvgIpc) is 2.71. The lowest BCUT2D eigenvalue weighted by Crippen LogP contribution is -2.52. The Morgan fingerprint density at radius 1 is 1.14 bits per heavy atom. The number of rotatable bonds is 7. The molecule has 0 unspecified atom stereocenters. The second-order valence-corrected chi connectivity index (χ2v) is 7.18. The fourth-order valence-electron chi connectivity index (χ4n) is 3.42. The number of halogens is 1. The fraction of sp³-hybridized carbons (Fsp3) is 0.348. The van der Waals surface area contributed by atoms with Gasteiger partial charge in [-0.05, 0) is 48.4 Å². The summed E-state index contributed by atoms with van der Waals surface area (Å²) in [6, 6.07) is 15.0. The van der Waals surface area contributed by atoms with Crippen LogP contribution in [0.25, 0.3) is 0 Å². The molecule has 4 nitrogen and oxygen atoms in total. The molecule has 0 radical (unpaired) electrons. The number of ether oxygens (including phenoxy) is 1. The van der Waals surface area contributed by atoms with Crippen molar-refractivity contribution in [3.8, 4) is 5.75 Å². The van der Waals surface area contributed by atoms with E-state index in [1.165, 1.54) is 29.3 Å². The predicted octanol–water partition coefficient (Wildman–Crippen LogP) is 3.67. The van der Waals surface area contributed by atoms with E-state index < -0.39 is 0 Å². The van der Waals surface area contributed by atoms with Gasteiger partial charge in [0.25, 0.3) is 0 Å². The maximum atomic E-state index is 12.9. The van der Waals surface area contributed by atoms with Crippen LogP contribution < -0.4 is 4.74 Å². The van der Waals surface area contributed by atoms with Crippen LogP contribution in [0.5, 0.6) is 5.75 Å². The molecule has 1 fully saturated rings. The van der Waals surface area contributed by atoms with E-state index in [2.05, 4.69) is 42.7 Å². The molecular formula is C23H27FN2O2. The van der Waals surface area contributed by atoms with Gasteiger partial charge in [-0.3, -0.25) is 9.69 Å². The Morgan fingerprint density at radius 3 is 2.46 bits per heavy atom. The highest BCUT2D eigenvalue weighted by Crippen LogP contribution is 2.16. The third-order valence-corrected chi connectivity index (χ3v) is 5.13. The topological polar surface area (TPSA) is 32.8 Å². The Morgan fingerprint density at radius 2 is 1.82 bits per heavy atom. The van der Waals surface area contributed by atoms with Crippen LogP contribution >= 0.6 is 0 Å². The van der Waals surface area contributed by atoms with E-state index >= 15 is 0 Å². The lowest BCUT2D eigenvalue weighted by Gasteiger charge is -2.39. The van der Waals surface area contributed by atoms with Gasteiger partial charge in [0.15, 0.2) is 0 Å². The maximum Gasteiger partial charge on any atom is 0.246 e. The minimum Gasteiger partial charge on any atom is -0.493 e. The first-order valence-corrected chi connectivity index (χ1v) is 9.66. The molecule has 2 aromatic rings. The molecule has 1 saturated heterocycles. The van der Waals surface area contributed by atoms with Gasteiger partial charge in [0.05, 0.1) is 6.61 Å². The van der Waals surface area contributed by atoms with Crippen LogP contribution in [0.4, 0.5) is 4.39 Å². The van der Waals surface area contributed by atoms with Gasteiger partial charge in [-0.2, -0.15) is 0 Å². The summed E-state index contributed by atoms with van der Waals surface area (Å²) in [6.45, 7) is 9.51. The molecule has 1 aliphatic rings. The highest BCUT2D eigenvalue weighted by atomic mass is 19.1. The summed E-state index contributed by atoms with van der Waals surface area (Å²) in [5, 5.41) is 0. The van der Waals surface area contributed by atoms with Gasteiger partial charge in [-0.15, -0.1) is 0 Å². The largest absolute Gasteiger partial charge is 0.493 e. The fourth-order valence-corrected chi connectivity index (χ4v) is 3.42. The minimum absolute atomic E-state index is 0.0127. The van der Waals surface area contributed by atoms with Gasteiger partial charge in [0.2, 0.25) is 5.91 Å². The van der Waals surface area contributed by atoms with Crippen molar-refractivity contribution in [2.45, 2.75) is 25.9 Å². The number of nitrogens with zero attached hydrogens (tertiary/aromatic N) is 2. The van der Waals surface area contributed by atoms with E-state index in [0.29, 0.717) is 18.4 Å². The van der Waals surface area contributed by atoms with Crippen LogP contribution in [0.1, 0.15) is 18.1 Å². The number of piperazine rings is 1. The van der Waals surface area contributed by atoms with Crippen molar-refractivity contribution < 1.29 is 13.9 Å². The summed E-state index contributed by atoms with van der Waals surface area (Å²) in [6.07, 6.45) is 2.19. The highest BCUT2D eigenvalue weighted by molar-refractivity contribution is 5.87. The second-order valence-electron chi connectivity index (χ2n) is 7.18. The van der Waals surface area contributed by atoms with E-state index in [0.717, 1.165) is 32.6 Å². The molecule has 28 heavy (non-hydrogen) atoms. The molecule has 0 N–H and O–H groups in total. The number of hydrogen-bond donors (Lipinski definition) is 0. The maximum absolute atomic E-state index is 12.9. The lowest BCUT2D eigenvalue weighted by atomic mass is 10.1. The third-order valence-electron chi connectivity index (χ3n) is 5.13. The second kappa shape index (κ2) is 9.51. The van der Waals surface area contributed by atoms with E-state index in [9.17, 15) is 9.18 Å². The smallest absolute Gasteiger partial charge is 0.246 e. The van der Waals surface area contributed by atoms with Crippen molar-refractivity contribution >= 4 is 5.91 Å². The molecule has 148 valence electrons. The SMILES string of the molecule is C=CC(=O)N1CCN(Cc2ccc(CCOc3ccc(F)cc3)cc2)[C@@H](C)C1. The molecule has 0 saturated carbocycles. The van der Waals surface area contributed by atoms with E-state index in [-0.39, 0.29) is 11.7 Å². The summed E-state index contributed by atoms with van der Waals surface area (Å²) < 4.78 is 18.5. The molecule has 0 spiro atoms. The number of hydrogen-bond acceptors (Lipinski definition) is 3. The van der Waals surface area contributed by atoms with Crippen LogP contribution in [0.2, 0.25) is 0 Å². The van der Waals surface area contributed by atoms with Gasteiger partial charge < -0.3 is 9.64 Å². The lowest BCUT2D eigenvalue weighted by molar-refractivity contribution is -0.128. The van der Waals surface area contributed by atoms with Gasteiger partial charge >= 0.3 is 0 Å². The van der Waals surface area contributed by atoms with Crippen molar-refractivity contribution in [1.29, 1.82) is 0 Å². The zero-order valence-electron chi connectivity index (χ0n) is 16.3. The van der Waals surface area contributed by atoms with Crippen molar-refractivity contribution in [2.75, 3.05) is 26.2 Å². The Balaban J connectivity index is 1.46. The minimum atomic E-state index is -0.258. The summed E-state index contributed by atoms with van der Waals surface area (Å²) in [4.78, 5) is 16.0. The quantitative estimate of drug-likeness (QED) is 0.685. The van der Waals surface area contributed by atoms with Gasteiger partial charge in [-0.25, -0.2) is 4.39 Å². The van der Waals surface area contributed by atoms with Gasteiger partial charge in [0, 0.05) is 38.6 Å². The molecule has 1 atom stereocenters. The van der Waals surface area contributed by atoms with Crippen molar-refractivity contribution in [2.24, 2.45) is 0 Å². The van der Waals surface area contributed by atoms with E-state index in [4.69, 9.17) is 4.74 Å². The van der Waals surface area contributed by atoms with Gasteiger partial charge in [-0.1, -0.05) is 30.8 Å². The Bertz CT molecular complexity index is 789. The summed E-state index contributed by atoms with van der Waals surface area (Å²) >= 11 is 0. The number of carbonyl (C=O) groups excluding carboxylic acids is 1. The van der Waals surface area contributed by atoms with Crippen LogP contribution in [-0.2, 0) is 17.8 Å². The standard InChI is InChI=1S/C23H27FN2O2/c1-3-23(27)26-14-13-25(18(2)16-26)17-20-6-4-19(5-7-20)12-15-28-22-10-8-21(24)9-11-22/h3-11,18H,1,12-17H2,2H3/t18-/m0/s1. The molecule has 0 bridgehead atoms. The summed E-state index contributed by atoms with van der Waals surface area (Å²) in [7, 11) is 0. The average molecular weight is 382 g/mol. The molecule has 0 aromatic heterocycles. The molecule has 1 heterocycles. The Hall–Kier alpha value is -2.66. The predicted molar refractivity (Wildman–Crippen MR) is 109 cm³/mol. The number of amides is 1. The first-order chi connectivity index (χ1) is 13.5. The first kappa shape index (κ1) is 20.1. The third kappa shape index (κ3) is 5.42. The molecule has 3 rings (SSSR count). The first-order valence-electron chi connectivity index (χ1n) is 9.66. The molecule has 1 aliphatic heterocycles. The van der Waals surface area contributed by atoms with Crippen molar-refractivity contribution in [1.82, 2.24) is 9.80 Å².